The Morgan fingerprint density at radius 1 is 1.50 bits per heavy atom. The molecular weight excluding hydrogens is 200 g/mol. The smallest absolute Gasteiger partial charge is 0.306 e. The van der Waals surface area contributed by atoms with Crippen molar-refractivity contribution in [2.75, 3.05) is 6.61 Å². The minimum absolute atomic E-state index is 0.139. The van der Waals surface area contributed by atoms with Gasteiger partial charge < -0.3 is 4.74 Å². The molecule has 0 saturated carbocycles. The summed E-state index contributed by atoms with van der Waals surface area (Å²) < 4.78 is 5.13. The zero-order chi connectivity index (χ0) is 12.2. The normalized spacial score (nSPS) is 11.2. The van der Waals surface area contributed by atoms with Crippen molar-refractivity contribution in [1.82, 2.24) is 0 Å². The quantitative estimate of drug-likeness (QED) is 0.372. The molecule has 0 rings (SSSR count). The van der Waals surface area contributed by atoms with Crippen molar-refractivity contribution >= 4 is 5.97 Å². The topological polar surface area (TPSA) is 26.3 Å². The van der Waals surface area contributed by atoms with Crippen LogP contribution >= 0.6 is 0 Å². The van der Waals surface area contributed by atoms with Crippen LogP contribution in [-0.2, 0) is 9.53 Å². The fourth-order valence-corrected chi connectivity index (χ4v) is 1.09. The maximum Gasteiger partial charge on any atom is 0.306 e. The molecule has 0 fully saturated rings. The molecule has 0 aliphatic rings. The average Bonchev–Trinajstić information content (AvgIpc) is 2.30. The Hall–Kier alpha value is -1.53. The van der Waals surface area contributed by atoms with Crippen molar-refractivity contribution in [2.45, 2.75) is 33.1 Å². The molecule has 0 bridgehead atoms. The molecule has 0 aliphatic heterocycles. The average molecular weight is 220 g/mol. The Kier molecular flexibility index (Phi) is 9.05. The van der Waals surface area contributed by atoms with Crippen LogP contribution in [0.4, 0.5) is 0 Å². The van der Waals surface area contributed by atoms with E-state index in [2.05, 4.69) is 12.3 Å². The summed E-state index contributed by atoms with van der Waals surface area (Å²) in [6.45, 7) is 7.75. The van der Waals surface area contributed by atoms with Crippen LogP contribution in [0.2, 0.25) is 0 Å². The van der Waals surface area contributed by atoms with Crippen molar-refractivity contribution in [3.63, 3.8) is 0 Å². The fraction of sp³-hybridized carbons (Fsp3) is 0.429. The van der Waals surface area contributed by atoms with Gasteiger partial charge in [-0.05, 0) is 31.1 Å². The first-order valence-electron chi connectivity index (χ1n) is 5.57. The van der Waals surface area contributed by atoms with Crippen molar-refractivity contribution < 1.29 is 9.53 Å². The lowest BCUT2D eigenvalue weighted by atomic mass is 10.2. The van der Waals surface area contributed by atoms with Gasteiger partial charge in [0.2, 0.25) is 0 Å². The summed E-state index contributed by atoms with van der Waals surface area (Å²) in [7, 11) is 0. The maximum absolute atomic E-state index is 11.3. The fourth-order valence-electron chi connectivity index (χ4n) is 1.09. The van der Waals surface area contributed by atoms with Crippen LogP contribution in [0.5, 0.6) is 0 Å². The summed E-state index contributed by atoms with van der Waals surface area (Å²) in [5.74, 6) is -0.139. The van der Waals surface area contributed by atoms with Crippen LogP contribution in [0.15, 0.2) is 42.2 Å². The van der Waals surface area contributed by atoms with E-state index >= 15 is 0 Å². The van der Waals surface area contributed by atoms with Gasteiger partial charge in [-0.25, -0.2) is 0 Å². The SMILES string of the molecule is C=C=CC=C(C=CC)COC(=O)CCCC. The second kappa shape index (κ2) is 10.0. The maximum atomic E-state index is 11.3. The highest BCUT2D eigenvalue weighted by Gasteiger charge is 2.01. The molecule has 16 heavy (non-hydrogen) atoms. The van der Waals surface area contributed by atoms with E-state index < -0.39 is 0 Å². The summed E-state index contributed by atoms with van der Waals surface area (Å²) in [5.41, 5.74) is 3.59. The van der Waals surface area contributed by atoms with Gasteiger partial charge in [0.15, 0.2) is 0 Å². The van der Waals surface area contributed by atoms with Crippen molar-refractivity contribution in [3.8, 4) is 0 Å². The van der Waals surface area contributed by atoms with Gasteiger partial charge in [0.25, 0.3) is 0 Å². The van der Waals surface area contributed by atoms with Gasteiger partial charge in [0, 0.05) is 6.42 Å². The Morgan fingerprint density at radius 2 is 2.25 bits per heavy atom. The largest absolute Gasteiger partial charge is 0.461 e. The van der Waals surface area contributed by atoms with E-state index in [1.807, 2.05) is 32.1 Å². The molecule has 0 aromatic heterocycles. The molecule has 0 atom stereocenters. The first kappa shape index (κ1) is 14.5. The molecule has 0 unspecified atom stereocenters. The molecule has 2 heteroatoms. The number of esters is 1. The van der Waals surface area contributed by atoms with E-state index in [0.29, 0.717) is 13.0 Å². The van der Waals surface area contributed by atoms with Crippen LogP contribution in [0, 0.1) is 0 Å². The van der Waals surface area contributed by atoms with Crippen LogP contribution in [0.3, 0.4) is 0 Å². The van der Waals surface area contributed by atoms with Gasteiger partial charge in [0.05, 0.1) is 0 Å². The minimum atomic E-state index is -0.139. The molecule has 0 aromatic carbocycles. The Bertz CT molecular complexity index is 305. The van der Waals surface area contributed by atoms with Gasteiger partial charge in [-0.15, -0.1) is 5.73 Å². The molecule has 0 heterocycles. The number of carbonyl (C=O) groups is 1. The lowest BCUT2D eigenvalue weighted by molar-refractivity contribution is -0.142. The zero-order valence-corrected chi connectivity index (χ0v) is 10.2. The molecular formula is C14H20O2. The molecule has 0 saturated heterocycles. The number of carbonyl (C=O) groups excluding carboxylic acids is 1. The number of rotatable bonds is 7. The highest BCUT2D eigenvalue weighted by molar-refractivity contribution is 5.69. The third-order valence-electron chi connectivity index (χ3n) is 1.93. The highest BCUT2D eigenvalue weighted by atomic mass is 16.5. The molecule has 0 N–H and O–H groups in total. The highest BCUT2D eigenvalue weighted by Crippen LogP contribution is 2.02. The van der Waals surface area contributed by atoms with Crippen molar-refractivity contribution in [2.24, 2.45) is 0 Å². The van der Waals surface area contributed by atoms with E-state index in [0.717, 1.165) is 18.4 Å². The second-order valence-corrected chi connectivity index (χ2v) is 3.38. The number of ether oxygens (including phenoxy) is 1. The molecule has 0 aliphatic carbocycles. The standard InChI is InChI=1S/C14H20O2/c1-4-7-10-13(9-6-3)12-16-14(15)11-8-5-2/h6-7,9-10H,1,5,8,11-12H2,2-3H3. The predicted octanol–water partition coefficient (Wildman–Crippen LogP) is 3.56. The summed E-state index contributed by atoms with van der Waals surface area (Å²) in [6, 6.07) is 0. The van der Waals surface area contributed by atoms with E-state index in [-0.39, 0.29) is 5.97 Å². The summed E-state index contributed by atoms with van der Waals surface area (Å²) in [6.07, 6.45) is 9.73. The van der Waals surface area contributed by atoms with E-state index in [1.165, 1.54) is 0 Å². The van der Waals surface area contributed by atoms with Crippen molar-refractivity contribution in [1.29, 1.82) is 0 Å². The predicted molar refractivity (Wildman–Crippen MR) is 67.1 cm³/mol. The van der Waals surface area contributed by atoms with Gasteiger partial charge in [-0.1, -0.05) is 32.1 Å². The first-order valence-corrected chi connectivity index (χ1v) is 5.57. The summed E-state index contributed by atoms with van der Waals surface area (Å²) in [5, 5.41) is 0. The summed E-state index contributed by atoms with van der Waals surface area (Å²) in [4.78, 5) is 11.3. The third-order valence-corrected chi connectivity index (χ3v) is 1.93. The van der Waals surface area contributed by atoms with Crippen LogP contribution in [0.1, 0.15) is 33.1 Å². The van der Waals surface area contributed by atoms with Crippen LogP contribution in [-0.4, -0.2) is 12.6 Å². The monoisotopic (exact) mass is 220 g/mol. The van der Waals surface area contributed by atoms with Gasteiger partial charge in [-0.2, -0.15) is 0 Å². The molecule has 0 spiro atoms. The van der Waals surface area contributed by atoms with Crippen LogP contribution in [0.25, 0.3) is 0 Å². The Morgan fingerprint density at radius 3 is 2.81 bits per heavy atom. The number of allylic oxidation sites excluding steroid dienone is 3. The van der Waals surface area contributed by atoms with Gasteiger partial charge >= 0.3 is 5.97 Å². The number of unbranched alkanes of at least 4 members (excludes halogenated alkanes) is 1. The van der Waals surface area contributed by atoms with Gasteiger partial charge in [-0.3, -0.25) is 4.79 Å². The number of hydrogen-bond donors (Lipinski definition) is 0. The molecule has 88 valence electrons. The summed E-state index contributed by atoms with van der Waals surface area (Å²) >= 11 is 0. The Balaban J connectivity index is 4.11. The molecule has 2 nitrogen and oxygen atoms in total. The Labute approximate surface area is 98.0 Å². The van der Waals surface area contributed by atoms with Gasteiger partial charge in [0.1, 0.15) is 6.61 Å². The van der Waals surface area contributed by atoms with E-state index in [4.69, 9.17) is 4.74 Å². The number of hydrogen-bond acceptors (Lipinski definition) is 2. The lowest BCUT2D eigenvalue weighted by Gasteiger charge is -2.04. The van der Waals surface area contributed by atoms with E-state index in [9.17, 15) is 4.79 Å². The second-order valence-electron chi connectivity index (χ2n) is 3.38. The first-order chi connectivity index (χ1) is 7.74. The minimum Gasteiger partial charge on any atom is -0.461 e. The van der Waals surface area contributed by atoms with Crippen LogP contribution < -0.4 is 0 Å². The van der Waals surface area contributed by atoms with Crippen molar-refractivity contribution in [3.05, 3.63) is 42.2 Å². The lowest BCUT2D eigenvalue weighted by Crippen LogP contribution is -2.06. The molecule has 0 radical (unpaired) electrons. The third kappa shape index (κ3) is 7.84. The molecule has 0 amide bonds. The van der Waals surface area contributed by atoms with E-state index in [1.54, 1.807) is 6.08 Å². The molecule has 0 aromatic rings. The zero-order valence-electron chi connectivity index (χ0n) is 10.2.